The van der Waals surface area contributed by atoms with E-state index in [0.29, 0.717) is 0 Å². The molecule has 1 fully saturated rings. The molecule has 1 aliphatic heterocycles. The fourth-order valence-corrected chi connectivity index (χ4v) is 3.09. The molecule has 0 saturated carbocycles. The van der Waals surface area contributed by atoms with E-state index in [2.05, 4.69) is 0 Å². The lowest BCUT2D eigenvalue weighted by molar-refractivity contribution is -0.386. The van der Waals surface area contributed by atoms with Crippen molar-refractivity contribution in [2.75, 3.05) is 29.5 Å². The summed E-state index contributed by atoms with van der Waals surface area (Å²) in [7, 11) is -3.07. The molecule has 98 valence electrons. The highest BCUT2D eigenvalue weighted by atomic mass is 32.2. The number of benzene rings is 1. The molecule has 8 heteroatoms. The monoisotopic (exact) mass is 274 g/mol. The largest absolute Gasteiger partial charge is 0.364 e. The number of sulfone groups is 1. The van der Waals surface area contributed by atoms with Gasteiger partial charge >= 0.3 is 5.69 Å². The summed E-state index contributed by atoms with van der Waals surface area (Å²) in [5, 5.41) is 10.8. The average molecular weight is 274 g/mol. The molecule has 0 spiro atoms. The Morgan fingerprint density at radius 1 is 1.28 bits per heavy atom. The molecule has 1 heterocycles. The van der Waals surface area contributed by atoms with Crippen molar-refractivity contribution in [3.8, 4) is 0 Å². The van der Waals surface area contributed by atoms with E-state index in [1.54, 1.807) is 0 Å². The van der Waals surface area contributed by atoms with Gasteiger partial charge < -0.3 is 4.90 Å². The second-order valence-corrected chi connectivity index (χ2v) is 6.31. The van der Waals surface area contributed by atoms with E-state index in [1.165, 1.54) is 17.0 Å². The van der Waals surface area contributed by atoms with Crippen molar-refractivity contribution in [3.05, 3.63) is 34.1 Å². The number of halogens is 1. The fourth-order valence-electron chi connectivity index (χ4n) is 1.89. The van der Waals surface area contributed by atoms with E-state index < -0.39 is 26.3 Å². The van der Waals surface area contributed by atoms with Crippen LogP contribution in [0.5, 0.6) is 0 Å². The minimum absolute atomic E-state index is 0.0688. The van der Waals surface area contributed by atoms with Crippen LogP contribution in [0.25, 0.3) is 0 Å². The third-order valence-electron chi connectivity index (χ3n) is 2.83. The number of hydrogen-bond donors (Lipinski definition) is 0. The first-order chi connectivity index (χ1) is 8.41. The number of para-hydroxylation sites is 1. The minimum atomic E-state index is -3.07. The van der Waals surface area contributed by atoms with Crippen molar-refractivity contribution in [2.45, 2.75) is 0 Å². The second-order valence-electron chi connectivity index (χ2n) is 4.00. The lowest BCUT2D eigenvalue weighted by Gasteiger charge is -2.28. The molecule has 0 radical (unpaired) electrons. The summed E-state index contributed by atoms with van der Waals surface area (Å²) in [6, 6.07) is 3.82. The van der Waals surface area contributed by atoms with Crippen LogP contribution in [-0.4, -0.2) is 37.9 Å². The Labute approximate surface area is 103 Å². The molecule has 0 amide bonds. The number of nitro groups is 1. The van der Waals surface area contributed by atoms with Gasteiger partial charge in [0, 0.05) is 13.1 Å². The van der Waals surface area contributed by atoms with Gasteiger partial charge in [-0.25, -0.2) is 8.42 Å². The SMILES string of the molecule is O=[N+]([O-])c1c(F)cccc1N1CCS(=O)(=O)CC1. The predicted octanol–water partition coefficient (Wildman–Crippen LogP) is 0.969. The normalized spacial score (nSPS) is 18.6. The number of nitro benzene ring substituents is 1. The molecule has 0 atom stereocenters. The summed E-state index contributed by atoms with van der Waals surface area (Å²) >= 11 is 0. The van der Waals surface area contributed by atoms with Crippen molar-refractivity contribution in [1.82, 2.24) is 0 Å². The molecule has 18 heavy (non-hydrogen) atoms. The van der Waals surface area contributed by atoms with Crippen LogP contribution < -0.4 is 4.90 Å². The molecule has 0 aliphatic carbocycles. The van der Waals surface area contributed by atoms with E-state index in [9.17, 15) is 22.9 Å². The van der Waals surface area contributed by atoms with Gasteiger partial charge in [0.05, 0.1) is 16.4 Å². The van der Waals surface area contributed by atoms with E-state index >= 15 is 0 Å². The van der Waals surface area contributed by atoms with Gasteiger partial charge in [-0.3, -0.25) is 10.1 Å². The van der Waals surface area contributed by atoms with Crippen LogP contribution in [0.15, 0.2) is 18.2 Å². The predicted molar refractivity (Wildman–Crippen MR) is 63.9 cm³/mol. The summed E-state index contributed by atoms with van der Waals surface area (Å²) < 4.78 is 36.0. The van der Waals surface area contributed by atoms with Crippen LogP contribution in [0.3, 0.4) is 0 Å². The van der Waals surface area contributed by atoms with Gasteiger partial charge in [0.15, 0.2) is 9.84 Å². The van der Waals surface area contributed by atoms with E-state index in [4.69, 9.17) is 0 Å². The highest BCUT2D eigenvalue weighted by molar-refractivity contribution is 7.91. The van der Waals surface area contributed by atoms with Gasteiger partial charge in [0.25, 0.3) is 0 Å². The highest BCUT2D eigenvalue weighted by Gasteiger charge is 2.28. The van der Waals surface area contributed by atoms with E-state index in [1.807, 2.05) is 0 Å². The first-order valence-electron chi connectivity index (χ1n) is 5.29. The zero-order valence-electron chi connectivity index (χ0n) is 9.37. The van der Waals surface area contributed by atoms with Crippen molar-refractivity contribution in [3.63, 3.8) is 0 Å². The van der Waals surface area contributed by atoms with Gasteiger partial charge in [-0.05, 0) is 12.1 Å². The Morgan fingerprint density at radius 2 is 1.89 bits per heavy atom. The lowest BCUT2D eigenvalue weighted by Crippen LogP contribution is -2.40. The maximum Gasteiger partial charge on any atom is 0.327 e. The molecule has 0 bridgehead atoms. The molecule has 0 aromatic heterocycles. The maximum atomic E-state index is 13.4. The van der Waals surface area contributed by atoms with Gasteiger partial charge in [-0.2, -0.15) is 4.39 Å². The number of anilines is 1. The summed E-state index contributed by atoms with van der Waals surface area (Å²) in [5.41, 5.74) is -0.466. The Balaban J connectivity index is 2.35. The zero-order valence-corrected chi connectivity index (χ0v) is 10.2. The van der Waals surface area contributed by atoms with Crippen LogP contribution in [0.1, 0.15) is 0 Å². The summed E-state index contributed by atoms with van der Waals surface area (Å²) in [5.74, 6) is -1.05. The second kappa shape index (κ2) is 4.52. The van der Waals surface area contributed by atoms with E-state index in [0.717, 1.165) is 6.07 Å². The average Bonchev–Trinajstić information content (AvgIpc) is 2.28. The molecule has 1 aromatic carbocycles. The van der Waals surface area contributed by atoms with Crippen LogP contribution >= 0.6 is 0 Å². The van der Waals surface area contributed by atoms with Crippen molar-refractivity contribution in [1.29, 1.82) is 0 Å². The first kappa shape index (κ1) is 12.7. The molecule has 6 nitrogen and oxygen atoms in total. The third-order valence-corrected chi connectivity index (χ3v) is 4.44. The van der Waals surface area contributed by atoms with Gasteiger partial charge in [0.2, 0.25) is 5.82 Å². The van der Waals surface area contributed by atoms with Crippen LogP contribution in [0.4, 0.5) is 15.8 Å². The molecular weight excluding hydrogens is 263 g/mol. The smallest absolute Gasteiger partial charge is 0.327 e. The molecular formula is C10H11FN2O4S. The van der Waals surface area contributed by atoms with E-state index in [-0.39, 0.29) is 30.3 Å². The Bertz CT molecular complexity index is 574. The zero-order chi connectivity index (χ0) is 13.3. The van der Waals surface area contributed by atoms with Crippen LogP contribution in [0, 0.1) is 15.9 Å². The summed E-state index contributed by atoms with van der Waals surface area (Å²) in [4.78, 5) is 11.6. The van der Waals surface area contributed by atoms with Crippen LogP contribution in [-0.2, 0) is 9.84 Å². The number of nitrogens with zero attached hydrogens (tertiary/aromatic N) is 2. The molecule has 1 aliphatic rings. The molecule has 1 aromatic rings. The van der Waals surface area contributed by atoms with Crippen molar-refractivity contribution in [2.24, 2.45) is 0 Å². The quantitative estimate of drug-likeness (QED) is 0.593. The molecule has 2 rings (SSSR count). The Kier molecular flexibility index (Phi) is 3.20. The first-order valence-corrected chi connectivity index (χ1v) is 7.11. The number of hydrogen-bond acceptors (Lipinski definition) is 5. The standard InChI is InChI=1S/C10H11FN2O4S/c11-8-2-1-3-9(10(8)13(14)15)12-4-6-18(16,17)7-5-12/h1-3H,4-7H2. The minimum Gasteiger partial charge on any atom is -0.364 e. The Hall–Kier alpha value is -1.70. The topological polar surface area (TPSA) is 80.5 Å². The lowest BCUT2D eigenvalue weighted by atomic mass is 10.2. The molecule has 0 N–H and O–H groups in total. The van der Waals surface area contributed by atoms with Gasteiger partial charge in [0.1, 0.15) is 5.69 Å². The third kappa shape index (κ3) is 2.42. The van der Waals surface area contributed by atoms with Gasteiger partial charge in [-0.15, -0.1) is 0 Å². The van der Waals surface area contributed by atoms with Crippen LogP contribution in [0.2, 0.25) is 0 Å². The molecule has 1 saturated heterocycles. The van der Waals surface area contributed by atoms with Crippen molar-refractivity contribution < 1.29 is 17.7 Å². The van der Waals surface area contributed by atoms with Gasteiger partial charge in [-0.1, -0.05) is 6.07 Å². The summed E-state index contributed by atoms with van der Waals surface area (Å²) in [6.45, 7) is 0.291. The summed E-state index contributed by atoms with van der Waals surface area (Å²) in [6.07, 6.45) is 0. The van der Waals surface area contributed by atoms with Crippen molar-refractivity contribution >= 4 is 21.2 Å². The highest BCUT2D eigenvalue weighted by Crippen LogP contribution is 2.31. The maximum absolute atomic E-state index is 13.4. The fraction of sp³-hybridized carbons (Fsp3) is 0.400. The molecule has 0 unspecified atom stereocenters. The Morgan fingerprint density at radius 3 is 2.44 bits per heavy atom. The number of rotatable bonds is 2.